The molecule has 1 aromatic heterocycles. The molecule has 0 amide bonds. The van der Waals surface area contributed by atoms with Gasteiger partial charge in [0.05, 0.1) is 18.2 Å². The zero-order valence-corrected chi connectivity index (χ0v) is 12.9. The monoisotopic (exact) mass is 286 g/mol. The van der Waals surface area contributed by atoms with Gasteiger partial charge in [0.2, 0.25) is 0 Å². The first-order valence-corrected chi connectivity index (χ1v) is 7.49. The van der Waals surface area contributed by atoms with Gasteiger partial charge in [-0.2, -0.15) is 5.26 Å². The molecule has 0 radical (unpaired) electrons. The van der Waals surface area contributed by atoms with Gasteiger partial charge in [0.15, 0.2) is 0 Å². The molecule has 4 heteroatoms. The molecule has 0 aliphatic heterocycles. The molecule has 0 bridgehead atoms. The van der Waals surface area contributed by atoms with Crippen LogP contribution >= 0.6 is 11.3 Å². The topological polar surface area (TPSA) is 45.9 Å². The number of benzene rings is 1. The fourth-order valence-electron chi connectivity index (χ4n) is 2.15. The molecule has 0 aliphatic carbocycles. The first-order chi connectivity index (χ1) is 9.62. The Kier molecular flexibility index (Phi) is 4.75. The van der Waals surface area contributed by atoms with Crippen LogP contribution in [0.2, 0.25) is 0 Å². The van der Waals surface area contributed by atoms with Gasteiger partial charge in [-0.15, -0.1) is 11.3 Å². The van der Waals surface area contributed by atoms with Crippen molar-refractivity contribution in [2.24, 2.45) is 0 Å². The highest BCUT2D eigenvalue weighted by Gasteiger charge is 2.10. The summed E-state index contributed by atoms with van der Waals surface area (Å²) in [6, 6.07) is 8.36. The van der Waals surface area contributed by atoms with Gasteiger partial charge in [-0.3, -0.25) is 0 Å². The summed E-state index contributed by atoms with van der Waals surface area (Å²) in [6.07, 6.45) is 1.29. The number of hydrogen-bond donors (Lipinski definition) is 0. The lowest BCUT2D eigenvalue weighted by molar-refractivity contribution is 0.305. The highest BCUT2D eigenvalue weighted by atomic mass is 32.1. The number of ether oxygens (including phenoxy) is 1. The van der Waals surface area contributed by atoms with Crippen molar-refractivity contribution < 1.29 is 4.74 Å². The Morgan fingerprint density at radius 1 is 1.25 bits per heavy atom. The molecule has 0 unspecified atom stereocenters. The van der Waals surface area contributed by atoms with Gasteiger partial charge in [-0.1, -0.05) is 13.0 Å². The summed E-state index contributed by atoms with van der Waals surface area (Å²) in [6.45, 7) is 6.64. The van der Waals surface area contributed by atoms with Crippen molar-refractivity contribution in [3.8, 4) is 11.8 Å². The second kappa shape index (κ2) is 6.53. The number of rotatable bonds is 5. The number of nitrogens with zero attached hydrogens (tertiary/aromatic N) is 2. The lowest BCUT2D eigenvalue weighted by Crippen LogP contribution is -1.96. The summed E-state index contributed by atoms with van der Waals surface area (Å²) in [5.41, 5.74) is 3.41. The molecule has 0 saturated heterocycles. The maximum absolute atomic E-state index is 8.82. The summed E-state index contributed by atoms with van der Waals surface area (Å²) < 4.78 is 5.81. The summed E-state index contributed by atoms with van der Waals surface area (Å²) in [5, 5.41) is 9.75. The summed E-state index contributed by atoms with van der Waals surface area (Å²) in [4.78, 5) is 5.61. The molecule has 20 heavy (non-hydrogen) atoms. The normalized spacial score (nSPS) is 10.3. The predicted molar refractivity (Wildman–Crippen MR) is 81.1 cm³/mol. The molecule has 0 N–H and O–H groups in total. The van der Waals surface area contributed by atoms with E-state index in [0.717, 1.165) is 27.7 Å². The minimum absolute atomic E-state index is 0.435. The van der Waals surface area contributed by atoms with Crippen LogP contribution in [0.4, 0.5) is 0 Å². The van der Waals surface area contributed by atoms with Crippen LogP contribution in [-0.4, -0.2) is 4.98 Å². The molecule has 0 saturated carbocycles. The third-order valence-corrected chi connectivity index (χ3v) is 4.03. The number of aryl methyl sites for hydroxylation is 3. The maximum Gasteiger partial charge on any atom is 0.140 e. The number of hydrogen-bond acceptors (Lipinski definition) is 4. The number of nitriles is 1. The van der Waals surface area contributed by atoms with E-state index in [1.165, 1.54) is 11.1 Å². The lowest BCUT2D eigenvalue weighted by Gasteiger charge is -2.06. The van der Waals surface area contributed by atoms with E-state index >= 15 is 0 Å². The lowest BCUT2D eigenvalue weighted by atomic mass is 10.1. The molecule has 2 rings (SSSR count). The van der Waals surface area contributed by atoms with Crippen LogP contribution in [0.15, 0.2) is 18.2 Å². The predicted octanol–water partition coefficient (Wildman–Crippen LogP) is 3.97. The van der Waals surface area contributed by atoms with Crippen LogP contribution in [0.5, 0.6) is 5.75 Å². The smallest absolute Gasteiger partial charge is 0.140 e. The molecule has 1 heterocycles. The molecule has 0 atom stereocenters. The Morgan fingerprint density at radius 2 is 1.95 bits per heavy atom. The Bertz CT molecular complexity index is 620. The summed E-state index contributed by atoms with van der Waals surface area (Å²) >= 11 is 1.58. The minimum atomic E-state index is 0.435. The van der Waals surface area contributed by atoms with Crippen LogP contribution < -0.4 is 4.74 Å². The van der Waals surface area contributed by atoms with E-state index in [9.17, 15) is 0 Å². The Hall–Kier alpha value is -1.86. The summed E-state index contributed by atoms with van der Waals surface area (Å²) in [7, 11) is 0. The van der Waals surface area contributed by atoms with Gasteiger partial charge < -0.3 is 4.74 Å². The standard InChI is InChI=1S/C16H18N2OS/c1-4-14-15(5-6-17)20-16(18-14)10-19-13-8-11(2)7-12(3)9-13/h7-9H,4-5,10H2,1-3H3. The highest BCUT2D eigenvalue weighted by Crippen LogP contribution is 2.22. The third-order valence-electron chi connectivity index (χ3n) is 2.95. The quantitative estimate of drug-likeness (QED) is 0.835. The van der Waals surface area contributed by atoms with Gasteiger partial charge in [0, 0.05) is 4.88 Å². The fourth-order valence-corrected chi connectivity index (χ4v) is 3.15. The maximum atomic E-state index is 8.82. The molecular formula is C16H18N2OS. The second-order valence-corrected chi connectivity index (χ2v) is 5.95. The summed E-state index contributed by atoms with van der Waals surface area (Å²) in [5.74, 6) is 0.873. The highest BCUT2D eigenvalue weighted by molar-refractivity contribution is 7.11. The first-order valence-electron chi connectivity index (χ1n) is 6.68. The van der Waals surface area contributed by atoms with Gasteiger partial charge in [0.1, 0.15) is 17.4 Å². The molecule has 0 fully saturated rings. The van der Waals surface area contributed by atoms with Crippen molar-refractivity contribution >= 4 is 11.3 Å². The number of aromatic nitrogens is 1. The Balaban J connectivity index is 2.09. The second-order valence-electron chi connectivity index (χ2n) is 4.78. The van der Waals surface area contributed by atoms with Crippen molar-refractivity contribution in [1.82, 2.24) is 4.98 Å². The van der Waals surface area contributed by atoms with Crippen molar-refractivity contribution in [3.05, 3.63) is 44.9 Å². The average molecular weight is 286 g/mol. The molecule has 2 aromatic rings. The van der Waals surface area contributed by atoms with Crippen molar-refractivity contribution in [3.63, 3.8) is 0 Å². The zero-order chi connectivity index (χ0) is 14.5. The SMILES string of the molecule is CCc1nc(COc2cc(C)cc(C)c2)sc1CC#N. The van der Waals surface area contributed by atoms with Crippen molar-refractivity contribution in [1.29, 1.82) is 5.26 Å². The van der Waals surface area contributed by atoms with Crippen LogP contribution in [0.25, 0.3) is 0 Å². The van der Waals surface area contributed by atoms with Gasteiger partial charge >= 0.3 is 0 Å². The molecule has 0 spiro atoms. The average Bonchev–Trinajstić information content (AvgIpc) is 2.78. The zero-order valence-electron chi connectivity index (χ0n) is 12.1. The third kappa shape index (κ3) is 3.58. The van der Waals surface area contributed by atoms with Gasteiger partial charge in [-0.25, -0.2) is 4.98 Å². The van der Waals surface area contributed by atoms with Crippen LogP contribution in [-0.2, 0) is 19.4 Å². The fraction of sp³-hybridized carbons (Fsp3) is 0.375. The molecule has 3 nitrogen and oxygen atoms in total. The van der Waals surface area contributed by atoms with E-state index < -0.39 is 0 Å². The first kappa shape index (κ1) is 14.5. The molecule has 0 aliphatic rings. The van der Waals surface area contributed by atoms with E-state index in [2.05, 4.69) is 37.9 Å². The molecule has 104 valence electrons. The van der Waals surface area contributed by atoms with Crippen LogP contribution in [0.3, 0.4) is 0 Å². The largest absolute Gasteiger partial charge is 0.486 e. The van der Waals surface area contributed by atoms with E-state index in [1.807, 2.05) is 12.1 Å². The van der Waals surface area contributed by atoms with Crippen molar-refractivity contribution in [2.45, 2.75) is 40.2 Å². The van der Waals surface area contributed by atoms with Crippen molar-refractivity contribution in [2.75, 3.05) is 0 Å². The Morgan fingerprint density at radius 3 is 2.55 bits per heavy atom. The van der Waals surface area contributed by atoms with E-state index in [0.29, 0.717) is 13.0 Å². The van der Waals surface area contributed by atoms with E-state index in [4.69, 9.17) is 10.00 Å². The molecular weight excluding hydrogens is 268 g/mol. The molecule has 1 aromatic carbocycles. The van der Waals surface area contributed by atoms with E-state index in [-0.39, 0.29) is 0 Å². The number of thiazole rings is 1. The van der Waals surface area contributed by atoms with E-state index in [1.54, 1.807) is 11.3 Å². The van der Waals surface area contributed by atoms with Crippen LogP contribution in [0, 0.1) is 25.2 Å². The Labute approximate surface area is 123 Å². The van der Waals surface area contributed by atoms with Gasteiger partial charge in [0.25, 0.3) is 0 Å². The van der Waals surface area contributed by atoms with Crippen LogP contribution in [0.1, 0.15) is 33.6 Å². The minimum Gasteiger partial charge on any atom is -0.486 e. The van der Waals surface area contributed by atoms with Gasteiger partial charge in [-0.05, 0) is 43.5 Å².